The maximum atomic E-state index is 15.2. The first-order valence-electron chi connectivity index (χ1n) is 17.2. The van der Waals surface area contributed by atoms with E-state index >= 15 is 4.79 Å². The van der Waals surface area contributed by atoms with E-state index in [0.717, 1.165) is 23.1 Å². The molecule has 1 aromatic heterocycles. The zero-order valence-electron chi connectivity index (χ0n) is 28.9. The molecule has 3 aromatic rings. The lowest BCUT2D eigenvalue weighted by atomic mass is 9.49. The van der Waals surface area contributed by atoms with Crippen molar-refractivity contribution in [2.75, 3.05) is 12.0 Å². The maximum Gasteiger partial charge on any atom is 0.573 e. The summed E-state index contributed by atoms with van der Waals surface area (Å²) in [5.41, 5.74) is -0.986. The number of fused-ring (bicyclic) bond motifs is 4. The van der Waals surface area contributed by atoms with Crippen LogP contribution in [0.1, 0.15) is 48.3 Å². The number of allylic oxidation sites excluding steroid dienone is 2. The van der Waals surface area contributed by atoms with Crippen molar-refractivity contribution in [3.8, 4) is 11.5 Å². The number of ether oxygens (including phenoxy) is 1. The van der Waals surface area contributed by atoms with E-state index in [1.807, 2.05) is 0 Å². The minimum Gasteiger partial charge on any atom is -0.508 e. The summed E-state index contributed by atoms with van der Waals surface area (Å²) in [5, 5.41) is 20.6. The first-order valence-corrected chi connectivity index (χ1v) is 18.0. The number of aromatic nitrogens is 1. The summed E-state index contributed by atoms with van der Waals surface area (Å²) in [5.74, 6) is -12.8. The highest BCUT2D eigenvalue weighted by Crippen LogP contribution is 2.65. The molecule has 0 bridgehead atoms. The predicted octanol–water partition coefficient (Wildman–Crippen LogP) is 6.86. The van der Waals surface area contributed by atoms with E-state index in [4.69, 9.17) is 28.3 Å². The van der Waals surface area contributed by atoms with Crippen LogP contribution in [0.2, 0.25) is 10.0 Å². The molecule has 12 nitrogen and oxygen atoms in total. The monoisotopic (exact) mass is 840 g/mol. The van der Waals surface area contributed by atoms with Crippen LogP contribution in [0.25, 0.3) is 0 Å². The Labute approximate surface area is 328 Å². The number of carboxylic acid groups (broad SMARTS) is 1. The lowest BCUT2D eigenvalue weighted by Gasteiger charge is -2.50. The minimum atomic E-state index is -5.20. The Kier molecular flexibility index (Phi) is 9.95. The second-order valence-electron chi connectivity index (χ2n) is 14.0. The Hall–Kier alpha value is -5.36. The van der Waals surface area contributed by atoms with Crippen molar-refractivity contribution in [1.29, 1.82) is 0 Å². The molecule has 2 aromatic carbocycles. The van der Waals surface area contributed by atoms with E-state index in [1.54, 1.807) is 6.08 Å². The molecule has 57 heavy (non-hydrogen) atoms. The highest BCUT2D eigenvalue weighted by Gasteiger charge is 2.70. The van der Waals surface area contributed by atoms with Crippen molar-refractivity contribution in [3.63, 3.8) is 0 Å². The number of aliphatic carboxylic acids is 1. The van der Waals surface area contributed by atoms with Gasteiger partial charge in [-0.05, 0) is 67.1 Å². The second-order valence-corrected chi connectivity index (χ2v) is 14.9. The van der Waals surface area contributed by atoms with Gasteiger partial charge in [-0.15, -0.1) is 13.2 Å². The zero-order valence-corrected chi connectivity index (χ0v) is 30.4. The van der Waals surface area contributed by atoms with Crippen LogP contribution in [0.5, 0.6) is 11.5 Å². The third-order valence-corrected chi connectivity index (χ3v) is 11.5. The fraction of sp³-hybridized carbons (Fsp3) is 0.351. The SMILES string of the molecule is O=C(O)CCCN1C(=O)C2CC=C3C(CC4C(=O)N(Nc5ncc(C(F)(F)F)cc5Cl)C(=O)C4(c4ccc(Cl)cc4)C3c3cc(OC(F)(F)F)ccc3O)C2C1=O. The number of nitrogens with one attached hydrogen (secondary N) is 1. The van der Waals surface area contributed by atoms with Gasteiger partial charge in [0.1, 0.15) is 11.5 Å². The number of carbonyl (C=O) groups excluding carboxylic acids is 4. The van der Waals surface area contributed by atoms with Gasteiger partial charge in [-0.3, -0.25) is 34.3 Å². The lowest BCUT2D eigenvalue weighted by molar-refractivity contribution is -0.274. The number of halogens is 8. The summed E-state index contributed by atoms with van der Waals surface area (Å²) in [6.45, 7) is -0.228. The highest BCUT2D eigenvalue weighted by atomic mass is 35.5. The van der Waals surface area contributed by atoms with Gasteiger partial charge in [0.15, 0.2) is 5.82 Å². The molecule has 0 spiro atoms. The number of rotatable bonds is 9. The molecule has 2 aliphatic heterocycles. The molecule has 6 unspecified atom stereocenters. The highest BCUT2D eigenvalue weighted by molar-refractivity contribution is 6.33. The summed E-state index contributed by atoms with van der Waals surface area (Å²) in [6, 6.07) is 8.65. The van der Waals surface area contributed by atoms with Crippen LogP contribution >= 0.6 is 23.2 Å². The molecule has 4 amide bonds. The average Bonchev–Trinajstić information content (AvgIpc) is 3.49. The number of alkyl halides is 6. The average molecular weight is 842 g/mol. The molecule has 2 aliphatic carbocycles. The number of amides is 4. The number of imide groups is 2. The summed E-state index contributed by atoms with van der Waals surface area (Å²) in [7, 11) is 0. The van der Waals surface area contributed by atoms with Gasteiger partial charge in [-0.2, -0.15) is 18.2 Å². The minimum absolute atomic E-state index is 0.0594. The van der Waals surface area contributed by atoms with E-state index in [1.165, 1.54) is 24.3 Å². The predicted molar refractivity (Wildman–Crippen MR) is 185 cm³/mol. The fourth-order valence-electron chi connectivity index (χ4n) is 8.76. The number of likely N-dealkylation sites (tertiary alicyclic amines) is 1. The molecule has 7 rings (SSSR count). The van der Waals surface area contributed by atoms with Gasteiger partial charge in [0, 0.05) is 35.7 Å². The molecule has 6 atom stereocenters. The van der Waals surface area contributed by atoms with E-state index in [0.29, 0.717) is 17.3 Å². The largest absolute Gasteiger partial charge is 0.573 e. The number of carbonyl (C=O) groups is 5. The zero-order chi connectivity index (χ0) is 41.4. The van der Waals surface area contributed by atoms with Crippen molar-refractivity contribution in [1.82, 2.24) is 14.9 Å². The molecule has 3 N–H and O–H groups in total. The summed E-state index contributed by atoms with van der Waals surface area (Å²) < 4.78 is 85.2. The molecular formula is C37H28Cl2F6N4O8. The first kappa shape index (κ1) is 39.9. The number of nitrogens with zero attached hydrogens (tertiary/aromatic N) is 3. The number of hydrogen-bond acceptors (Lipinski definition) is 9. The molecule has 3 heterocycles. The number of benzene rings is 2. The van der Waals surface area contributed by atoms with Gasteiger partial charge in [-0.1, -0.05) is 47.0 Å². The standard InChI is InChI=1S/C37H28Cl2F6N4O8/c38-18-5-3-16(4-6-18)35-24(32(54)49(34(35)56)47-30-25(39)12-17(15-46-30)36(40,41)42)14-22-20(29(35)23-13-19(7-10-26(23)50)57-37(43,44)45)8-9-21-28(22)33(55)48(31(21)53)11-1-2-27(51)52/h3-8,10,12-13,15,21-22,24,28-29,50H,1-2,9,11,14H2,(H,46,47)(H,51,52). The molecule has 0 radical (unpaired) electrons. The Morgan fingerprint density at radius 2 is 1.67 bits per heavy atom. The van der Waals surface area contributed by atoms with Crippen LogP contribution < -0.4 is 10.2 Å². The topological polar surface area (TPSA) is 166 Å². The fourth-order valence-corrected chi connectivity index (χ4v) is 9.10. The van der Waals surface area contributed by atoms with Crippen LogP contribution in [0.4, 0.5) is 32.2 Å². The van der Waals surface area contributed by atoms with Gasteiger partial charge in [0.2, 0.25) is 11.8 Å². The van der Waals surface area contributed by atoms with Crippen molar-refractivity contribution in [3.05, 3.63) is 93.1 Å². The van der Waals surface area contributed by atoms with E-state index in [2.05, 4.69) is 15.1 Å². The number of hydrazine groups is 1. The third kappa shape index (κ3) is 6.81. The smallest absolute Gasteiger partial charge is 0.508 e. The first-order chi connectivity index (χ1) is 26.7. The molecular weight excluding hydrogens is 813 g/mol. The number of hydrogen-bond donors (Lipinski definition) is 3. The van der Waals surface area contributed by atoms with Crippen LogP contribution in [-0.4, -0.2) is 67.6 Å². The van der Waals surface area contributed by atoms with Crippen LogP contribution in [0.15, 0.2) is 66.4 Å². The van der Waals surface area contributed by atoms with Gasteiger partial charge < -0.3 is 14.9 Å². The molecule has 300 valence electrons. The van der Waals surface area contributed by atoms with Gasteiger partial charge >= 0.3 is 18.5 Å². The Morgan fingerprint density at radius 3 is 2.30 bits per heavy atom. The molecule has 20 heteroatoms. The van der Waals surface area contributed by atoms with Gasteiger partial charge in [0.05, 0.1) is 33.8 Å². The van der Waals surface area contributed by atoms with Crippen LogP contribution in [-0.2, 0) is 35.6 Å². The normalized spacial score (nSPS) is 25.9. The molecule has 4 aliphatic rings. The number of pyridine rings is 1. The van der Waals surface area contributed by atoms with E-state index < -0.39 is 105 Å². The van der Waals surface area contributed by atoms with E-state index in [9.17, 15) is 50.6 Å². The lowest BCUT2D eigenvalue weighted by Crippen LogP contribution is -2.53. The number of aromatic hydroxyl groups is 1. The number of carboxylic acids is 1. The van der Waals surface area contributed by atoms with Crippen LogP contribution in [0.3, 0.4) is 0 Å². The Bertz CT molecular complexity index is 2240. The quantitative estimate of drug-likeness (QED) is 0.118. The van der Waals surface area contributed by atoms with Crippen LogP contribution in [0, 0.1) is 23.7 Å². The van der Waals surface area contributed by atoms with Crippen molar-refractivity contribution in [2.24, 2.45) is 23.7 Å². The van der Waals surface area contributed by atoms with Gasteiger partial charge in [0.25, 0.3) is 11.8 Å². The summed E-state index contributed by atoms with van der Waals surface area (Å²) in [4.78, 5) is 73.5. The number of phenols is 1. The molecule has 1 saturated carbocycles. The summed E-state index contributed by atoms with van der Waals surface area (Å²) >= 11 is 12.4. The van der Waals surface area contributed by atoms with Crippen molar-refractivity contribution < 1.29 is 65.3 Å². The van der Waals surface area contributed by atoms with Gasteiger partial charge in [-0.25, -0.2) is 4.98 Å². The Morgan fingerprint density at radius 1 is 0.965 bits per heavy atom. The van der Waals surface area contributed by atoms with E-state index in [-0.39, 0.29) is 54.0 Å². The maximum absolute atomic E-state index is 15.2. The summed E-state index contributed by atoms with van der Waals surface area (Å²) in [6.07, 6.45) is -8.92. The second kappa shape index (κ2) is 14.2. The number of anilines is 1. The Balaban J connectivity index is 1.43. The third-order valence-electron chi connectivity index (χ3n) is 11.0. The van der Waals surface area contributed by atoms with Crippen molar-refractivity contribution in [2.45, 2.75) is 49.6 Å². The number of phenolic OH excluding ortho intramolecular Hbond substituents is 1. The molecule has 2 saturated heterocycles. The van der Waals surface area contributed by atoms with Crippen molar-refractivity contribution >= 4 is 58.6 Å². The molecule has 3 fully saturated rings.